The van der Waals surface area contributed by atoms with Crippen LogP contribution >= 0.6 is 11.8 Å². The number of rotatable bonds is 5. The molecule has 0 aromatic heterocycles. The molecule has 0 spiro atoms. The van der Waals surface area contributed by atoms with Crippen LogP contribution in [0.4, 0.5) is 0 Å². The normalized spacial score (nSPS) is 12.5. The molecule has 1 atom stereocenters. The zero-order chi connectivity index (χ0) is 12.8. The average molecular weight is 252 g/mol. The van der Waals surface area contributed by atoms with Gasteiger partial charge < -0.3 is 0 Å². The monoisotopic (exact) mass is 252 g/mol. The van der Waals surface area contributed by atoms with Gasteiger partial charge in [-0.1, -0.05) is 32.9 Å². The Kier molecular flexibility index (Phi) is 5.51. The van der Waals surface area contributed by atoms with Crippen LogP contribution in [0.3, 0.4) is 0 Å². The highest BCUT2D eigenvalue weighted by Crippen LogP contribution is 2.23. The Morgan fingerprint density at radius 2 is 1.88 bits per heavy atom. The van der Waals surface area contributed by atoms with Crippen LogP contribution in [0.5, 0.6) is 0 Å². The van der Waals surface area contributed by atoms with Crippen LogP contribution in [0, 0.1) is 5.92 Å². The maximum absolute atomic E-state index is 11.2. The predicted molar refractivity (Wildman–Crippen MR) is 72.7 cm³/mol. The van der Waals surface area contributed by atoms with E-state index in [1.54, 1.807) is 11.8 Å². The van der Waals surface area contributed by atoms with Crippen molar-refractivity contribution in [2.75, 3.05) is 5.75 Å². The first kappa shape index (κ1) is 14.1. The molecule has 1 aromatic carbocycles. The Morgan fingerprint density at radius 3 is 2.35 bits per heavy atom. The topological polar surface area (TPSA) is 55.1 Å². The quantitative estimate of drug-likeness (QED) is 0.366. The van der Waals surface area contributed by atoms with Gasteiger partial charge in [-0.3, -0.25) is 10.2 Å². The van der Waals surface area contributed by atoms with Crippen LogP contribution in [0.1, 0.15) is 32.3 Å². The predicted octanol–water partition coefficient (Wildman–Crippen LogP) is 2.53. The van der Waals surface area contributed by atoms with Gasteiger partial charge >= 0.3 is 0 Å². The maximum Gasteiger partial charge on any atom is 0.237 e. The van der Waals surface area contributed by atoms with Gasteiger partial charge in [0.2, 0.25) is 5.91 Å². The summed E-state index contributed by atoms with van der Waals surface area (Å²) < 4.78 is 0. The van der Waals surface area contributed by atoms with Crippen molar-refractivity contribution in [3.05, 3.63) is 29.8 Å². The molecule has 3 N–H and O–H groups in total. The molecule has 1 amide bonds. The zero-order valence-corrected chi connectivity index (χ0v) is 11.4. The Bertz CT molecular complexity index is 362. The van der Waals surface area contributed by atoms with Gasteiger partial charge in [0.25, 0.3) is 0 Å². The van der Waals surface area contributed by atoms with Gasteiger partial charge in [0, 0.05) is 16.6 Å². The Labute approximate surface area is 107 Å². The molecule has 17 heavy (non-hydrogen) atoms. The highest BCUT2D eigenvalue weighted by atomic mass is 32.2. The molecule has 1 rings (SSSR count). The number of nitrogens with one attached hydrogen (secondary N) is 1. The molecule has 4 heteroatoms. The Balaban J connectivity index is 2.50. The SMILES string of the molecule is CC(CSc1ccc(C(C)C)cc1)C(=O)NN. The maximum atomic E-state index is 11.2. The summed E-state index contributed by atoms with van der Waals surface area (Å²) in [5.74, 6) is 6.19. The number of amides is 1. The lowest BCUT2D eigenvalue weighted by atomic mass is 10.0. The number of hydrogen-bond acceptors (Lipinski definition) is 3. The van der Waals surface area contributed by atoms with E-state index in [-0.39, 0.29) is 11.8 Å². The molecule has 94 valence electrons. The Morgan fingerprint density at radius 1 is 1.29 bits per heavy atom. The second-order valence-corrected chi connectivity index (χ2v) is 5.54. The van der Waals surface area contributed by atoms with Crippen molar-refractivity contribution in [2.24, 2.45) is 11.8 Å². The standard InChI is InChI=1S/C13H20N2OS/c1-9(2)11-4-6-12(7-5-11)17-8-10(3)13(16)15-14/h4-7,9-10H,8,14H2,1-3H3,(H,15,16). The van der Waals surface area contributed by atoms with Crippen LogP contribution in [0.15, 0.2) is 29.2 Å². The molecule has 0 aliphatic rings. The lowest BCUT2D eigenvalue weighted by Crippen LogP contribution is -2.35. The lowest BCUT2D eigenvalue weighted by molar-refractivity contribution is -0.123. The van der Waals surface area contributed by atoms with E-state index in [9.17, 15) is 4.79 Å². The summed E-state index contributed by atoms with van der Waals surface area (Å²) in [4.78, 5) is 12.4. The van der Waals surface area contributed by atoms with Gasteiger partial charge in [-0.05, 0) is 23.6 Å². The first-order chi connectivity index (χ1) is 8.04. The largest absolute Gasteiger partial charge is 0.294 e. The van der Waals surface area contributed by atoms with E-state index in [2.05, 4.69) is 43.5 Å². The molecule has 3 nitrogen and oxygen atoms in total. The molecular formula is C13H20N2OS. The summed E-state index contributed by atoms with van der Waals surface area (Å²) >= 11 is 1.68. The molecule has 1 unspecified atom stereocenters. The second-order valence-electron chi connectivity index (χ2n) is 4.44. The van der Waals surface area contributed by atoms with Crippen LogP contribution in [0.25, 0.3) is 0 Å². The second kappa shape index (κ2) is 6.67. The number of carbonyl (C=O) groups excluding carboxylic acids is 1. The molecule has 0 saturated heterocycles. The van der Waals surface area contributed by atoms with Gasteiger partial charge in [0.1, 0.15) is 0 Å². The number of carbonyl (C=O) groups is 1. The fourth-order valence-electron chi connectivity index (χ4n) is 1.39. The van der Waals surface area contributed by atoms with E-state index in [1.807, 2.05) is 6.92 Å². The van der Waals surface area contributed by atoms with Gasteiger partial charge in [0.05, 0.1) is 0 Å². The number of nitrogens with two attached hydrogens (primary N) is 1. The highest BCUT2D eigenvalue weighted by Gasteiger charge is 2.11. The van der Waals surface area contributed by atoms with E-state index in [1.165, 1.54) is 10.5 Å². The van der Waals surface area contributed by atoms with Crippen molar-refractivity contribution in [1.82, 2.24) is 5.43 Å². The molecular weight excluding hydrogens is 232 g/mol. The van der Waals surface area contributed by atoms with Crippen molar-refractivity contribution >= 4 is 17.7 Å². The summed E-state index contributed by atoms with van der Waals surface area (Å²) in [6.45, 7) is 6.23. The van der Waals surface area contributed by atoms with Crippen LogP contribution in [-0.2, 0) is 4.79 Å². The molecule has 0 aliphatic heterocycles. The minimum absolute atomic E-state index is 0.0743. The number of benzene rings is 1. The third kappa shape index (κ3) is 4.40. The van der Waals surface area contributed by atoms with Crippen molar-refractivity contribution < 1.29 is 4.79 Å². The van der Waals surface area contributed by atoms with Gasteiger partial charge in [-0.25, -0.2) is 5.84 Å². The highest BCUT2D eigenvalue weighted by molar-refractivity contribution is 7.99. The lowest BCUT2D eigenvalue weighted by Gasteiger charge is -2.10. The zero-order valence-electron chi connectivity index (χ0n) is 10.6. The van der Waals surface area contributed by atoms with Crippen LogP contribution in [-0.4, -0.2) is 11.7 Å². The number of hydrazine groups is 1. The number of hydrogen-bond donors (Lipinski definition) is 2. The van der Waals surface area contributed by atoms with Crippen molar-refractivity contribution in [1.29, 1.82) is 0 Å². The smallest absolute Gasteiger partial charge is 0.237 e. The minimum Gasteiger partial charge on any atom is -0.294 e. The fourth-order valence-corrected chi connectivity index (χ4v) is 2.31. The first-order valence-electron chi connectivity index (χ1n) is 5.77. The van der Waals surface area contributed by atoms with Crippen molar-refractivity contribution in [3.63, 3.8) is 0 Å². The van der Waals surface area contributed by atoms with E-state index >= 15 is 0 Å². The van der Waals surface area contributed by atoms with E-state index in [0.717, 1.165) is 5.75 Å². The summed E-state index contributed by atoms with van der Waals surface area (Å²) in [5, 5.41) is 0. The summed E-state index contributed by atoms with van der Waals surface area (Å²) in [6.07, 6.45) is 0. The minimum atomic E-state index is -0.115. The Hall–Kier alpha value is -1.00. The van der Waals surface area contributed by atoms with Crippen LogP contribution in [0.2, 0.25) is 0 Å². The molecule has 0 aliphatic carbocycles. The van der Waals surface area contributed by atoms with Gasteiger partial charge in [-0.15, -0.1) is 11.8 Å². The molecule has 0 fully saturated rings. The molecule has 0 saturated carbocycles. The van der Waals surface area contributed by atoms with E-state index < -0.39 is 0 Å². The number of thioether (sulfide) groups is 1. The van der Waals surface area contributed by atoms with E-state index in [4.69, 9.17) is 5.84 Å². The summed E-state index contributed by atoms with van der Waals surface area (Å²) in [5.41, 5.74) is 3.51. The molecule has 0 heterocycles. The van der Waals surface area contributed by atoms with Gasteiger partial charge in [0.15, 0.2) is 0 Å². The van der Waals surface area contributed by atoms with Crippen molar-refractivity contribution in [2.45, 2.75) is 31.6 Å². The van der Waals surface area contributed by atoms with Crippen LogP contribution < -0.4 is 11.3 Å². The molecule has 0 radical (unpaired) electrons. The third-order valence-corrected chi connectivity index (χ3v) is 3.91. The fraction of sp³-hybridized carbons (Fsp3) is 0.462. The average Bonchev–Trinajstić information content (AvgIpc) is 2.35. The third-order valence-electron chi connectivity index (χ3n) is 2.64. The van der Waals surface area contributed by atoms with Gasteiger partial charge in [-0.2, -0.15) is 0 Å². The molecule has 0 bridgehead atoms. The van der Waals surface area contributed by atoms with Crippen molar-refractivity contribution in [3.8, 4) is 0 Å². The first-order valence-corrected chi connectivity index (χ1v) is 6.76. The molecule has 1 aromatic rings. The summed E-state index contributed by atoms with van der Waals surface area (Å²) in [6, 6.07) is 8.49. The summed E-state index contributed by atoms with van der Waals surface area (Å²) in [7, 11) is 0. The van der Waals surface area contributed by atoms with E-state index in [0.29, 0.717) is 5.92 Å².